The summed E-state index contributed by atoms with van der Waals surface area (Å²) >= 11 is 0. The highest BCUT2D eigenvalue weighted by Crippen LogP contribution is 2.26. The number of rotatable bonds is 14. The van der Waals surface area contributed by atoms with E-state index in [1.54, 1.807) is 12.4 Å². The second-order valence-electron chi connectivity index (χ2n) is 7.11. The van der Waals surface area contributed by atoms with Gasteiger partial charge < -0.3 is 20.9 Å². The molecule has 0 bridgehead atoms. The fourth-order valence-corrected chi connectivity index (χ4v) is 3.31. The van der Waals surface area contributed by atoms with Crippen LogP contribution < -0.4 is 15.8 Å². The Balaban J connectivity index is 1.78. The van der Waals surface area contributed by atoms with Crippen LogP contribution >= 0.6 is 0 Å². The Kier molecular flexibility index (Phi) is 9.76. The van der Waals surface area contributed by atoms with Crippen molar-refractivity contribution < 1.29 is 14.6 Å². The molecule has 2 aromatic heterocycles. The van der Waals surface area contributed by atoms with Gasteiger partial charge in [0, 0.05) is 30.7 Å². The Hall–Kier alpha value is -2.97. The smallest absolute Gasteiger partial charge is 0.316 e. The van der Waals surface area contributed by atoms with Crippen LogP contribution in [0, 0.1) is 0 Å². The van der Waals surface area contributed by atoms with Crippen LogP contribution in [0.2, 0.25) is 0 Å². The SMILES string of the molecule is CCNc1cc(CCCCCC[C@H](CC(=O)O)c2cnc(OCC)nc2)nc(N)n1. The number of nitrogens with zero attached hydrogens (tertiary/aromatic N) is 4. The second kappa shape index (κ2) is 12.6. The summed E-state index contributed by atoms with van der Waals surface area (Å²) in [4.78, 5) is 28.0. The van der Waals surface area contributed by atoms with Crippen molar-refractivity contribution in [2.24, 2.45) is 0 Å². The molecule has 1 atom stereocenters. The number of hydrogen-bond donors (Lipinski definition) is 3. The molecule has 164 valence electrons. The Labute approximate surface area is 177 Å². The van der Waals surface area contributed by atoms with Crippen molar-refractivity contribution in [3.05, 3.63) is 29.7 Å². The summed E-state index contributed by atoms with van der Waals surface area (Å²) < 4.78 is 5.25. The number of aromatic nitrogens is 4. The van der Waals surface area contributed by atoms with E-state index < -0.39 is 5.97 Å². The van der Waals surface area contributed by atoms with E-state index in [2.05, 4.69) is 25.3 Å². The number of hydrogen-bond acceptors (Lipinski definition) is 8. The molecule has 0 aliphatic heterocycles. The lowest BCUT2D eigenvalue weighted by Crippen LogP contribution is -2.08. The van der Waals surface area contributed by atoms with Crippen molar-refractivity contribution >= 4 is 17.7 Å². The fourth-order valence-electron chi connectivity index (χ4n) is 3.31. The first-order valence-corrected chi connectivity index (χ1v) is 10.6. The molecule has 9 nitrogen and oxygen atoms in total. The summed E-state index contributed by atoms with van der Waals surface area (Å²) in [5, 5.41) is 12.4. The molecule has 2 heterocycles. The van der Waals surface area contributed by atoms with Crippen molar-refractivity contribution in [3.63, 3.8) is 0 Å². The second-order valence-corrected chi connectivity index (χ2v) is 7.11. The summed E-state index contributed by atoms with van der Waals surface area (Å²) in [5.74, 6) is 0.140. The van der Waals surface area contributed by atoms with E-state index in [-0.39, 0.29) is 18.3 Å². The maximum absolute atomic E-state index is 11.3. The third-order valence-corrected chi connectivity index (χ3v) is 4.70. The standard InChI is InChI=1S/C21H32N6O3/c1-3-23-18-12-17(26-20(22)27-18)10-8-6-5-7-9-15(11-19(28)29)16-13-24-21(25-14-16)30-4-2/h12-15H,3-11H2,1-2H3,(H,28,29)(H3,22,23,26,27)/t15-/m1/s1. The lowest BCUT2D eigenvalue weighted by atomic mass is 9.92. The maximum atomic E-state index is 11.3. The predicted molar refractivity (Wildman–Crippen MR) is 116 cm³/mol. The highest BCUT2D eigenvalue weighted by atomic mass is 16.5. The van der Waals surface area contributed by atoms with Gasteiger partial charge >= 0.3 is 12.0 Å². The molecular weight excluding hydrogens is 384 g/mol. The third kappa shape index (κ3) is 8.18. The van der Waals surface area contributed by atoms with Crippen LogP contribution in [0.3, 0.4) is 0 Å². The third-order valence-electron chi connectivity index (χ3n) is 4.70. The van der Waals surface area contributed by atoms with E-state index in [0.717, 1.165) is 62.1 Å². The number of nitrogen functional groups attached to an aromatic ring is 1. The first-order valence-electron chi connectivity index (χ1n) is 10.6. The fraction of sp³-hybridized carbons (Fsp3) is 0.571. The zero-order valence-electron chi connectivity index (χ0n) is 17.8. The van der Waals surface area contributed by atoms with Gasteiger partial charge in [-0.25, -0.2) is 15.0 Å². The average molecular weight is 417 g/mol. The lowest BCUT2D eigenvalue weighted by molar-refractivity contribution is -0.137. The molecule has 0 amide bonds. The highest BCUT2D eigenvalue weighted by Gasteiger charge is 2.16. The Morgan fingerprint density at radius 2 is 1.90 bits per heavy atom. The summed E-state index contributed by atoms with van der Waals surface area (Å²) in [5.41, 5.74) is 7.55. The maximum Gasteiger partial charge on any atom is 0.316 e. The zero-order chi connectivity index (χ0) is 21.8. The van der Waals surface area contributed by atoms with Gasteiger partial charge in [0.05, 0.1) is 13.0 Å². The highest BCUT2D eigenvalue weighted by molar-refractivity contribution is 5.68. The van der Waals surface area contributed by atoms with Crippen LogP contribution in [-0.4, -0.2) is 44.2 Å². The Bertz CT molecular complexity index is 785. The van der Waals surface area contributed by atoms with Crippen LogP contribution in [0.1, 0.15) is 69.5 Å². The number of unbranched alkanes of at least 4 members (excludes halogenated alkanes) is 3. The number of anilines is 2. The number of carbonyl (C=O) groups is 1. The molecule has 2 rings (SSSR count). The van der Waals surface area contributed by atoms with Crippen LogP contribution in [0.5, 0.6) is 6.01 Å². The molecule has 0 aromatic carbocycles. The molecule has 0 fully saturated rings. The van der Waals surface area contributed by atoms with E-state index in [1.807, 2.05) is 19.9 Å². The van der Waals surface area contributed by atoms with E-state index in [9.17, 15) is 9.90 Å². The minimum atomic E-state index is -0.813. The minimum Gasteiger partial charge on any atom is -0.481 e. The molecule has 0 saturated carbocycles. The monoisotopic (exact) mass is 416 g/mol. The van der Waals surface area contributed by atoms with Gasteiger partial charge in [-0.3, -0.25) is 4.79 Å². The van der Waals surface area contributed by atoms with Gasteiger partial charge in [0.15, 0.2) is 0 Å². The topological polar surface area (TPSA) is 136 Å². The average Bonchev–Trinajstić information content (AvgIpc) is 2.70. The van der Waals surface area contributed by atoms with Crippen molar-refractivity contribution in [2.45, 2.75) is 64.7 Å². The number of ether oxygens (including phenoxy) is 1. The van der Waals surface area contributed by atoms with E-state index >= 15 is 0 Å². The van der Waals surface area contributed by atoms with E-state index in [1.165, 1.54) is 0 Å². The molecule has 2 aromatic rings. The number of carboxylic acids is 1. The van der Waals surface area contributed by atoms with Crippen molar-refractivity contribution in [1.29, 1.82) is 0 Å². The lowest BCUT2D eigenvalue weighted by Gasteiger charge is -2.15. The van der Waals surface area contributed by atoms with Gasteiger partial charge in [0.1, 0.15) is 5.82 Å². The molecule has 0 spiro atoms. The minimum absolute atomic E-state index is 0.0742. The predicted octanol–water partition coefficient (Wildman–Crippen LogP) is 3.43. The number of nitrogens with two attached hydrogens (primary N) is 1. The number of carboxylic acid groups (broad SMARTS) is 1. The van der Waals surface area contributed by atoms with E-state index in [0.29, 0.717) is 12.6 Å². The first kappa shape index (κ1) is 23.3. The number of aryl methyl sites for hydroxylation is 1. The van der Waals surface area contributed by atoms with Crippen LogP contribution in [0.15, 0.2) is 18.5 Å². The van der Waals surface area contributed by atoms with Gasteiger partial charge in [0.25, 0.3) is 0 Å². The summed E-state index contributed by atoms with van der Waals surface area (Å²) in [7, 11) is 0. The molecule has 0 aliphatic carbocycles. The van der Waals surface area contributed by atoms with Gasteiger partial charge in [-0.1, -0.05) is 19.3 Å². The zero-order valence-corrected chi connectivity index (χ0v) is 17.8. The molecule has 0 unspecified atom stereocenters. The number of nitrogens with one attached hydrogen (secondary N) is 1. The summed E-state index contributed by atoms with van der Waals surface area (Å²) in [6, 6.07) is 2.26. The molecule has 0 aliphatic rings. The normalized spacial score (nSPS) is 11.8. The van der Waals surface area contributed by atoms with Crippen LogP contribution in [0.4, 0.5) is 11.8 Å². The molecule has 0 radical (unpaired) electrons. The Morgan fingerprint density at radius 1 is 1.17 bits per heavy atom. The van der Waals surface area contributed by atoms with Crippen LogP contribution in [-0.2, 0) is 11.2 Å². The van der Waals surface area contributed by atoms with E-state index in [4.69, 9.17) is 10.5 Å². The molecule has 4 N–H and O–H groups in total. The Morgan fingerprint density at radius 3 is 2.57 bits per heavy atom. The first-order chi connectivity index (χ1) is 14.5. The van der Waals surface area contributed by atoms with Crippen molar-refractivity contribution in [1.82, 2.24) is 19.9 Å². The van der Waals surface area contributed by atoms with Crippen molar-refractivity contribution in [2.75, 3.05) is 24.2 Å². The number of aliphatic carboxylic acids is 1. The summed E-state index contributed by atoms with van der Waals surface area (Å²) in [6.45, 7) is 5.16. The molecular formula is C21H32N6O3. The van der Waals surface area contributed by atoms with Gasteiger partial charge in [-0.15, -0.1) is 0 Å². The quantitative estimate of drug-likeness (QED) is 0.396. The molecule has 30 heavy (non-hydrogen) atoms. The van der Waals surface area contributed by atoms with Gasteiger partial charge in [0.2, 0.25) is 5.95 Å². The molecule has 9 heteroatoms. The largest absolute Gasteiger partial charge is 0.481 e. The van der Waals surface area contributed by atoms with Gasteiger partial charge in [-0.05, 0) is 44.6 Å². The van der Waals surface area contributed by atoms with Gasteiger partial charge in [-0.2, -0.15) is 4.98 Å². The van der Waals surface area contributed by atoms with Crippen molar-refractivity contribution in [3.8, 4) is 6.01 Å². The summed E-state index contributed by atoms with van der Waals surface area (Å²) in [6.07, 6.45) is 9.06. The molecule has 0 saturated heterocycles. The van der Waals surface area contributed by atoms with Crippen LogP contribution in [0.25, 0.3) is 0 Å².